The van der Waals surface area contributed by atoms with Gasteiger partial charge in [-0.2, -0.15) is 5.10 Å². The normalized spacial score (nSPS) is 24.5. The molecule has 0 radical (unpaired) electrons. The summed E-state index contributed by atoms with van der Waals surface area (Å²) in [7, 11) is 0. The van der Waals surface area contributed by atoms with Crippen LogP contribution >= 0.6 is 11.6 Å². The van der Waals surface area contributed by atoms with E-state index in [9.17, 15) is 4.79 Å². The summed E-state index contributed by atoms with van der Waals surface area (Å²) >= 11 is 6.49. The molecule has 1 amide bonds. The highest BCUT2D eigenvalue weighted by Gasteiger charge is 2.51. The number of hydrogen-bond donors (Lipinski definition) is 0. The van der Waals surface area contributed by atoms with Crippen molar-refractivity contribution in [2.45, 2.75) is 53.0 Å². The van der Waals surface area contributed by atoms with Gasteiger partial charge in [0.15, 0.2) is 5.76 Å². The van der Waals surface area contributed by atoms with Gasteiger partial charge in [0.1, 0.15) is 17.1 Å². The van der Waals surface area contributed by atoms with Crippen LogP contribution < -0.4 is 0 Å². The fraction of sp³-hybridized carbons (Fsp3) is 0.440. The number of carbonyl (C=O) groups excluding carboxylic acids is 1. The van der Waals surface area contributed by atoms with Crippen molar-refractivity contribution in [1.82, 2.24) is 14.7 Å². The first-order valence-electron chi connectivity index (χ1n) is 10.9. The Hall–Kier alpha value is -2.53. The van der Waals surface area contributed by atoms with E-state index >= 15 is 0 Å². The van der Waals surface area contributed by atoms with Crippen LogP contribution in [0, 0.1) is 17.8 Å². The third kappa shape index (κ3) is 3.59. The molecule has 2 atom stereocenters. The van der Waals surface area contributed by atoms with E-state index in [4.69, 9.17) is 21.1 Å². The first-order valence-corrected chi connectivity index (χ1v) is 11.2. The second kappa shape index (κ2) is 6.99. The molecule has 3 aromatic rings. The van der Waals surface area contributed by atoms with Gasteiger partial charge >= 0.3 is 0 Å². The monoisotopic (exact) mass is 437 g/mol. The predicted molar refractivity (Wildman–Crippen MR) is 122 cm³/mol. The van der Waals surface area contributed by atoms with Crippen LogP contribution in [0.5, 0.6) is 0 Å². The maximum atomic E-state index is 13.9. The third-order valence-corrected chi connectivity index (χ3v) is 7.00. The van der Waals surface area contributed by atoms with Crippen LogP contribution in [0.4, 0.5) is 0 Å². The van der Waals surface area contributed by atoms with Crippen LogP contribution in [0.3, 0.4) is 0 Å². The zero-order valence-electron chi connectivity index (χ0n) is 18.5. The summed E-state index contributed by atoms with van der Waals surface area (Å²) in [5.41, 5.74) is 2.25. The number of nitrogens with zero attached hydrogens (tertiary/aromatic N) is 3. The van der Waals surface area contributed by atoms with Gasteiger partial charge < -0.3 is 9.32 Å². The average Bonchev–Trinajstić information content (AvgIpc) is 3.36. The molecule has 6 heteroatoms. The molecule has 5 nitrogen and oxygen atoms in total. The van der Waals surface area contributed by atoms with Gasteiger partial charge in [0, 0.05) is 18.7 Å². The number of para-hydroxylation sites is 1. The zero-order chi connectivity index (χ0) is 22.0. The molecule has 162 valence electrons. The Balaban J connectivity index is 1.59. The highest BCUT2D eigenvalue weighted by molar-refractivity contribution is 6.32. The Bertz CT molecular complexity index is 1160. The van der Waals surface area contributed by atoms with Gasteiger partial charge in [-0.3, -0.25) is 4.79 Å². The molecular weight excluding hydrogens is 410 g/mol. The number of benzene rings is 1. The summed E-state index contributed by atoms with van der Waals surface area (Å²) in [4.78, 5) is 16.0. The number of fused-ring (bicyclic) bond motifs is 2. The Kier molecular flexibility index (Phi) is 4.60. The summed E-state index contributed by atoms with van der Waals surface area (Å²) in [5, 5.41) is 5.29. The van der Waals surface area contributed by atoms with Gasteiger partial charge in [-0.25, -0.2) is 4.68 Å². The molecule has 31 heavy (non-hydrogen) atoms. The number of furan rings is 1. The number of carbonyl (C=O) groups is 1. The molecule has 0 N–H and O–H groups in total. The molecule has 2 bridgehead atoms. The summed E-state index contributed by atoms with van der Waals surface area (Å²) in [6.45, 7) is 9.63. The van der Waals surface area contributed by atoms with Crippen molar-refractivity contribution in [1.29, 1.82) is 0 Å². The topological polar surface area (TPSA) is 51.3 Å². The van der Waals surface area contributed by atoms with Crippen molar-refractivity contribution in [2.24, 2.45) is 10.8 Å². The molecule has 5 rings (SSSR count). The molecule has 1 aromatic carbocycles. The molecule has 2 fully saturated rings. The Morgan fingerprint density at radius 1 is 1.16 bits per heavy atom. The van der Waals surface area contributed by atoms with E-state index in [-0.39, 0.29) is 22.8 Å². The first kappa shape index (κ1) is 20.4. The van der Waals surface area contributed by atoms with Crippen molar-refractivity contribution in [3.63, 3.8) is 0 Å². The number of amides is 1. The molecule has 1 saturated heterocycles. The van der Waals surface area contributed by atoms with Gasteiger partial charge in [-0.1, -0.05) is 44.5 Å². The van der Waals surface area contributed by atoms with Gasteiger partial charge in [-0.15, -0.1) is 0 Å². The highest BCUT2D eigenvalue weighted by atomic mass is 35.5. The van der Waals surface area contributed by atoms with Gasteiger partial charge in [0.05, 0.1) is 10.7 Å². The lowest BCUT2D eigenvalue weighted by molar-refractivity contribution is 0.0699. The van der Waals surface area contributed by atoms with Crippen LogP contribution in [-0.4, -0.2) is 33.2 Å². The number of aryl methyl sites for hydroxylation is 1. The second-order valence-corrected chi connectivity index (χ2v) is 10.7. The number of halogens is 1. The lowest BCUT2D eigenvalue weighted by Crippen LogP contribution is -2.38. The van der Waals surface area contributed by atoms with Crippen molar-refractivity contribution in [3.8, 4) is 17.1 Å². The molecule has 1 saturated carbocycles. The fourth-order valence-electron chi connectivity index (χ4n) is 5.88. The van der Waals surface area contributed by atoms with E-state index in [0.29, 0.717) is 27.9 Å². The highest BCUT2D eigenvalue weighted by Crippen LogP contribution is 2.52. The minimum atomic E-state index is 0.00775. The van der Waals surface area contributed by atoms with Gasteiger partial charge in [0.25, 0.3) is 5.91 Å². The largest absolute Gasteiger partial charge is 0.460 e. The van der Waals surface area contributed by atoms with E-state index in [1.165, 1.54) is 0 Å². The van der Waals surface area contributed by atoms with E-state index in [1.807, 2.05) is 49.4 Å². The number of likely N-dealkylation sites (tertiary alicyclic amines) is 1. The van der Waals surface area contributed by atoms with Crippen LogP contribution in [0.1, 0.15) is 56.3 Å². The minimum Gasteiger partial charge on any atom is -0.460 e. The molecule has 0 spiro atoms. The van der Waals surface area contributed by atoms with Crippen molar-refractivity contribution in [3.05, 3.63) is 58.9 Å². The molecular formula is C25H28ClN3O2. The Morgan fingerprint density at radius 2 is 1.94 bits per heavy atom. The number of hydrogen-bond acceptors (Lipinski definition) is 3. The Labute approximate surface area is 188 Å². The lowest BCUT2D eigenvalue weighted by atomic mass is 9.65. The van der Waals surface area contributed by atoms with E-state index in [0.717, 1.165) is 31.6 Å². The summed E-state index contributed by atoms with van der Waals surface area (Å²) < 4.78 is 7.46. The molecule has 1 aliphatic heterocycles. The number of aromatic nitrogens is 2. The van der Waals surface area contributed by atoms with E-state index in [1.54, 1.807) is 4.68 Å². The maximum Gasteiger partial charge on any atom is 0.272 e. The van der Waals surface area contributed by atoms with Crippen molar-refractivity contribution < 1.29 is 9.21 Å². The van der Waals surface area contributed by atoms with Crippen molar-refractivity contribution in [2.75, 3.05) is 6.54 Å². The van der Waals surface area contributed by atoms with Gasteiger partial charge in [0.2, 0.25) is 0 Å². The quantitative estimate of drug-likeness (QED) is 0.494. The van der Waals surface area contributed by atoms with Gasteiger partial charge in [-0.05, 0) is 61.3 Å². The average molecular weight is 438 g/mol. The molecule has 1 aliphatic carbocycles. The predicted octanol–water partition coefficient (Wildman–Crippen LogP) is 6.13. The first-order chi connectivity index (χ1) is 14.6. The second-order valence-electron chi connectivity index (χ2n) is 10.3. The zero-order valence-corrected chi connectivity index (χ0v) is 19.2. The standard InChI is InChI=1S/C25H28ClN3O2/c1-16-9-10-22(31-16)19-11-21(29(27-19)20-8-6-5-7-18(20)26)23(30)28-15-25(4)13-17(28)12-24(2,3)14-25/h5-11,17H,12-15H2,1-4H3. The molecule has 2 aromatic heterocycles. The Morgan fingerprint density at radius 3 is 2.65 bits per heavy atom. The minimum absolute atomic E-state index is 0.00775. The van der Waals surface area contributed by atoms with Crippen LogP contribution in [-0.2, 0) is 0 Å². The maximum absolute atomic E-state index is 13.9. The third-order valence-electron chi connectivity index (χ3n) is 6.68. The summed E-state index contributed by atoms with van der Waals surface area (Å²) in [6, 6.07) is 13.4. The van der Waals surface area contributed by atoms with E-state index < -0.39 is 0 Å². The molecule has 3 heterocycles. The summed E-state index contributed by atoms with van der Waals surface area (Å²) in [5.74, 6) is 1.46. The molecule has 2 aliphatic rings. The smallest absolute Gasteiger partial charge is 0.272 e. The SMILES string of the molecule is Cc1ccc(-c2cc(C(=O)N3CC4(C)CC3CC(C)(C)C4)n(-c3ccccc3Cl)n2)o1. The summed E-state index contributed by atoms with van der Waals surface area (Å²) in [6.07, 6.45) is 3.23. The van der Waals surface area contributed by atoms with E-state index in [2.05, 4.69) is 25.7 Å². The fourth-order valence-corrected chi connectivity index (χ4v) is 6.09. The number of rotatable bonds is 3. The lowest BCUT2D eigenvalue weighted by Gasteiger charge is -2.39. The van der Waals surface area contributed by atoms with Crippen molar-refractivity contribution >= 4 is 17.5 Å². The van der Waals surface area contributed by atoms with Crippen LogP contribution in [0.15, 0.2) is 46.9 Å². The molecule has 2 unspecified atom stereocenters. The van der Waals surface area contributed by atoms with Crippen LogP contribution in [0.25, 0.3) is 17.1 Å². The van der Waals surface area contributed by atoms with Crippen LogP contribution in [0.2, 0.25) is 5.02 Å².